The lowest BCUT2D eigenvalue weighted by molar-refractivity contribution is 0.303. The predicted molar refractivity (Wildman–Crippen MR) is 92.9 cm³/mol. The van der Waals surface area contributed by atoms with Crippen LogP contribution in [-0.4, -0.2) is 0 Å². The van der Waals surface area contributed by atoms with Gasteiger partial charge in [0.15, 0.2) is 0 Å². The third-order valence-electron chi connectivity index (χ3n) is 3.41. The molecule has 3 aromatic rings. The quantitative estimate of drug-likeness (QED) is 0.687. The number of hydrogen-bond acceptors (Lipinski definition) is 3. The van der Waals surface area contributed by atoms with Gasteiger partial charge in [0.2, 0.25) is 0 Å². The zero-order valence-electron chi connectivity index (χ0n) is 11.7. The summed E-state index contributed by atoms with van der Waals surface area (Å²) in [4.78, 5) is 0. The third kappa shape index (κ3) is 3.12. The second-order valence-electron chi connectivity index (χ2n) is 5.02. The summed E-state index contributed by atoms with van der Waals surface area (Å²) in [7, 11) is 0. The number of fused-ring (bicyclic) bond motifs is 1. The van der Waals surface area contributed by atoms with E-state index in [4.69, 9.17) is 10.5 Å². The molecule has 0 aliphatic carbocycles. The van der Waals surface area contributed by atoms with Crippen molar-refractivity contribution in [3.05, 3.63) is 63.4 Å². The number of rotatable bonds is 4. The topological polar surface area (TPSA) is 35.2 Å². The minimum atomic E-state index is -0.0586. The molecule has 108 valence electrons. The molecule has 0 amide bonds. The summed E-state index contributed by atoms with van der Waals surface area (Å²) < 4.78 is 8.32. The minimum Gasteiger partial charge on any atom is -0.489 e. The molecule has 1 atom stereocenters. The second kappa shape index (κ2) is 6.18. The first kappa shape index (κ1) is 14.6. The molecule has 2 nitrogen and oxygen atoms in total. The minimum absolute atomic E-state index is 0.0586. The molecule has 2 aromatic carbocycles. The van der Waals surface area contributed by atoms with Crippen molar-refractivity contribution in [2.75, 3.05) is 0 Å². The Labute approximate surface area is 136 Å². The monoisotopic (exact) mass is 361 g/mol. The van der Waals surface area contributed by atoms with Crippen LogP contribution in [0.4, 0.5) is 0 Å². The largest absolute Gasteiger partial charge is 0.489 e. The summed E-state index contributed by atoms with van der Waals surface area (Å²) in [6, 6.07) is 14.3. The average molecular weight is 362 g/mol. The van der Waals surface area contributed by atoms with Gasteiger partial charge in [-0.15, -0.1) is 11.3 Å². The van der Waals surface area contributed by atoms with E-state index in [9.17, 15) is 0 Å². The van der Waals surface area contributed by atoms with Gasteiger partial charge >= 0.3 is 0 Å². The van der Waals surface area contributed by atoms with Crippen LogP contribution in [0.2, 0.25) is 0 Å². The second-order valence-corrected chi connectivity index (χ2v) is 6.84. The number of nitrogens with two attached hydrogens (primary N) is 1. The molecule has 0 aliphatic rings. The Morgan fingerprint density at radius 1 is 1.24 bits per heavy atom. The Bertz CT molecular complexity index is 766. The Morgan fingerprint density at radius 3 is 2.86 bits per heavy atom. The molecule has 2 N–H and O–H groups in total. The van der Waals surface area contributed by atoms with Crippen molar-refractivity contribution in [2.45, 2.75) is 19.6 Å². The van der Waals surface area contributed by atoms with E-state index in [2.05, 4.69) is 45.6 Å². The van der Waals surface area contributed by atoms with Gasteiger partial charge in [0.25, 0.3) is 0 Å². The van der Waals surface area contributed by atoms with Crippen LogP contribution in [0.3, 0.4) is 0 Å². The van der Waals surface area contributed by atoms with Crippen LogP contribution in [0, 0.1) is 0 Å². The van der Waals surface area contributed by atoms with E-state index in [0.717, 1.165) is 15.8 Å². The third-order valence-corrected chi connectivity index (χ3v) is 4.91. The zero-order chi connectivity index (χ0) is 14.8. The number of hydrogen-bond donors (Lipinski definition) is 1. The van der Waals surface area contributed by atoms with E-state index < -0.39 is 0 Å². The first-order valence-corrected chi connectivity index (χ1v) is 8.45. The van der Waals surface area contributed by atoms with Crippen LogP contribution < -0.4 is 10.5 Å². The molecule has 1 heterocycles. The summed E-state index contributed by atoms with van der Waals surface area (Å²) in [5.41, 5.74) is 8.26. The van der Waals surface area contributed by atoms with Gasteiger partial charge in [-0.05, 0) is 42.0 Å². The van der Waals surface area contributed by atoms with E-state index in [1.54, 1.807) is 11.3 Å². The highest BCUT2D eigenvalue weighted by atomic mass is 79.9. The van der Waals surface area contributed by atoms with Gasteiger partial charge in [-0.2, -0.15) is 0 Å². The van der Waals surface area contributed by atoms with Gasteiger partial charge in [-0.25, -0.2) is 0 Å². The summed E-state index contributed by atoms with van der Waals surface area (Å²) in [6.07, 6.45) is 0. The van der Waals surface area contributed by atoms with Crippen LogP contribution in [-0.2, 0) is 6.61 Å². The number of halogens is 1. The van der Waals surface area contributed by atoms with Crippen molar-refractivity contribution in [3.8, 4) is 5.75 Å². The van der Waals surface area contributed by atoms with Crippen molar-refractivity contribution < 1.29 is 4.74 Å². The Balaban J connectivity index is 1.85. The lowest BCUT2D eigenvalue weighted by Gasteiger charge is -2.14. The highest BCUT2D eigenvalue weighted by molar-refractivity contribution is 9.10. The van der Waals surface area contributed by atoms with Crippen LogP contribution in [0.5, 0.6) is 5.75 Å². The van der Waals surface area contributed by atoms with Crippen molar-refractivity contribution in [1.29, 1.82) is 0 Å². The Kier molecular flexibility index (Phi) is 4.29. The fourth-order valence-corrected chi connectivity index (χ4v) is 3.63. The van der Waals surface area contributed by atoms with E-state index in [1.807, 2.05) is 25.1 Å². The molecule has 1 unspecified atom stereocenters. The van der Waals surface area contributed by atoms with Crippen molar-refractivity contribution in [2.24, 2.45) is 5.73 Å². The molecule has 0 radical (unpaired) electrons. The molecule has 3 rings (SSSR count). The van der Waals surface area contributed by atoms with Gasteiger partial charge in [0.05, 0.1) is 0 Å². The van der Waals surface area contributed by atoms with E-state index in [1.165, 1.54) is 15.6 Å². The van der Waals surface area contributed by atoms with E-state index >= 15 is 0 Å². The van der Waals surface area contributed by atoms with Crippen molar-refractivity contribution >= 4 is 37.4 Å². The smallest absolute Gasteiger partial charge is 0.124 e. The first-order valence-electron chi connectivity index (χ1n) is 6.78. The highest BCUT2D eigenvalue weighted by Crippen LogP contribution is 2.30. The van der Waals surface area contributed by atoms with Gasteiger partial charge in [0.1, 0.15) is 12.4 Å². The molecule has 21 heavy (non-hydrogen) atoms. The van der Waals surface area contributed by atoms with Gasteiger partial charge in [-0.3, -0.25) is 0 Å². The first-order chi connectivity index (χ1) is 10.1. The Hall–Kier alpha value is -1.36. The molecule has 0 saturated carbocycles. The van der Waals surface area contributed by atoms with Crippen LogP contribution in [0.1, 0.15) is 24.1 Å². The van der Waals surface area contributed by atoms with E-state index in [0.29, 0.717) is 6.61 Å². The molecular formula is C17H16BrNOS. The van der Waals surface area contributed by atoms with Crippen LogP contribution in [0.15, 0.2) is 52.3 Å². The van der Waals surface area contributed by atoms with Crippen LogP contribution >= 0.6 is 27.3 Å². The van der Waals surface area contributed by atoms with E-state index in [-0.39, 0.29) is 6.04 Å². The fraction of sp³-hybridized carbons (Fsp3) is 0.176. The maximum Gasteiger partial charge on any atom is 0.124 e. The molecular weight excluding hydrogens is 346 g/mol. The normalized spacial score (nSPS) is 12.5. The summed E-state index contributed by atoms with van der Waals surface area (Å²) in [5.74, 6) is 0.850. The number of thiophene rings is 1. The summed E-state index contributed by atoms with van der Waals surface area (Å²) in [6.45, 7) is 2.53. The molecule has 1 aromatic heterocycles. The predicted octanol–water partition coefficient (Wildman–Crippen LogP) is 5.26. The van der Waals surface area contributed by atoms with Gasteiger partial charge in [0, 0.05) is 26.3 Å². The molecule has 4 heteroatoms. The van der Waals surface area contributed by atoms with Crippen molar-refractivity contribution in [1.82, 2.24) is 0 Å². The Morgan fingerprint density at radius 2 is 2.05 bits per heavy atom. The molecule has 0 saturated heterocycles. The van der Waals surface area contributed by atoms with Gasteiger partial charge in [-0.1, -0.05) is 34.1 Å². The fourth-order valence-electron chi connectivity index (χ4n) is 2.31. The summed E-state index contributed by atoms with van der Waals surface area (Å²) in [5, 5.41) is 3.43. The average Bonchev–Trinajstić information content (AvgIpc) is 2.89. The van der Waals surface area contributed by atoms with Crippen molar-refractivity contribution in [3.63, 3.8) is 0 Å². The van der Waals surface area contributed by atoms with Gasteiger partial charge < -0.3 is 10.5 Å². The SMILES string of the molecule is CC(N)c1cc(Br)ccc1OCc1csc2ccccc12. The number of benzene rings is 2. The lowest BCUT2D eigenvalue weighted by atomic mass is 10.1. The van der Waals surface area contributed by atoms with Crippen LogP contribution in [0.25, 0.3) is 10.1 Å². The maximum atomic E-state index is 6.02. The maximum absolute atomic E-state index is 6.02. The molecule has 0 bridgehead atoms. The lowest BCUT2D eigenvalue weighted by Crippen LogP contribution is -2.08. The zero-order valence-corrected chi connectivity index (χ0v) is 14.1. The molecule has 0 aliphatic heterocycles. The summed E-state index contributed by atoms with van der Waals surface area (Å²) >= 11 is 5.23. The molecule has 0 spiro atoms. The highest BCUT2D eigenvalue weighted by Gasteiger charge is 2.10. The molecule has 0 fully saturated rings. The standard InChI is InChI=1S/C17H16BrNOS/c1-11(19)15-8-13(18)6-7-16(15)20-9-12-10-21-17-5-3-2-4-14(12)17/h2-8,10-11H,9,19H2,1H3. The number of ether oxygens (including phenoxy) is 1.